The fourth-order valence-electron chi connectivity index (χ4n) is 2.72. The zero-order valence-corrected chi connectivity index (χ0v) is 10.8. The van der Waals surface area contributed by atoms with Crippen LogP contribution in [0.5, 0.6) is 0 Å². The highest BCUT2D eigenvalue weighted by atomic mass is 16.3. The van der Waals surface area contributed by atoms with Crippen molar-refractivity contribution in [3.05, 3.63) is 11.9 Å². The quantitative estimate of drug-likeness (QED) is 0.793. The zero-order chi connectivity index (χ0) is 12.4. The van der Waals surface area contributed by atoms with Crippen LogP contribution in [0, 0.1) is 5.92 Å². The molecule has 0 aliphatic heterocycles. The molecule has 0 unspecified atom stereocenters. The number of aliphatic hydroxyl groups is 1. The van der Waals surface area contributed by atoms with Gasteiger partial charge in [-0.15, -0.1) is 5.10 Å². The molecule has 2 aliphatic carbocycles. The van der Waals surface area contributed by atoms with Crippen molar-refractivity contribution >= 4 is 0 Å². The molecule has 0 bridgehead atoms. The van der Waals surface area contributed by atoms with Gasteiger partial charge in [0.25, 0.3) is 0 Å². The van der Waals surface area contributed by atoms with Crippen LogP contribution < -0.4 is 5.32 Å². The number of hydrogen-bond donors (Lipinski definition) is 2. The molecule has 2 N–H and O–H groups in total. The van der Waals surface area contributed by atoms with Gasteiger partial charge in [-0.25, -0.2) is 4.68 Å². The summed E-state index contributed by atoms with van der Waals surface area (Å²) in [6.45, 7) is 2.47. The second kappa shape index (κ2) is 4.97. The number of nitrogens with one attached hydrogen (secondary N) is 1. The van der Waals surface area contributed by atoms with Crippen molar-refractivity contribution in [3.63, 3.8) is 0 Å². The zero-order valence-electron chi connectivity index (χ0n) is 10.8. The van der Waals surface area contributed by atoms with E-state index in [9.17, 15) is 5.11 Å². The smallest absolute Gasteiger partial charge is 0.0964 e. The summed E-state index contributed by atoms with van der Waals surface area (Å²) in [5.74, 6) is 0.888. The predicted molar refractivity (Wildman–Crippen MR) is 67.9 cm³/mol. The first-order valence-electron chi connectivity index (χ1n) is 7.06. The number of aromatic nitrogens is 3. The Morgan fingerprint density at radius 3 is 2.89 bits per heavy atom. The van der Waals surface area contributed by atoms with Crippen LogP contribution >= 0.6 is 0 Å². The summed E-state index contributed by atoms with van der Waals surface area (Å²) in [6, 6.07) is 0. The largest absolute Gasteiger partial charge is 0.388 e. The molecule has 1 heterocycles. The van der Waals surface area contributed by atoms with Crippen LogP contribution in [0.1, 0.15) is 44.2 Å². The summed E-state index contributed by atoms with van der Waals surface area (Å²) in [5.41, 5.74) is 0.420. The van der Waals surface area contributed by atoms with E-state index in [1.807, 2.05) is 6.20 Å². The standard InChI is InChI=1S/C13H22N4O/c18-13(5-1-2-6-13)10-17-9-12(15-16-17)8-14-7-11-3-4-11/h9,11,14,18H,1-8,10H2. The van der Waals surface area contributed by atoms with Crippen LogP contribution in [0.15, 0.2) is 6.20 Å². The van der Waals surface area contributed by atoms with Crippen LogP contribution in [-0.4, -0.2) is 32.2 Å². The minimum absolute atomic E-state index is 0.549. The first kappa shape index (κ1) is 12.1. The highest BCUT2D eigenvalue weighted by molar-refractivity contribution is 4.94. The van der Waals surface area contributed by atoms with E-state index in [0.717, 1.165) is 50.4 Å². The van der Waals surface area contributed by atoms with Crippen molar-refractivity contribution in [2.24, 2.45) is 5.92 Å². The van der Waals surface area contributed by atoms with Crippen molar-refractivity contribution in [1.29, 1.82) is 0 Å². The Kier molecular flexibility index (Phi) is 3.35. The van der Waals surface area contributed by atoms with Crippen molar-refractivity contribution in [3.8, 4) is 0 Å². The highest BCUT2D eigenvalue weighted by Gasteiger charge is 2.31. The van der Waals surface area contributed by atoms with Crippen molar-refractivity contribution in [1.82, 2.24) is 20.3 Å². The molecule has 0 atom stereocenters. The third-order valence-electron chi connectivity index (χ3n) is 4.01. The van der Waals surface area contributed by atoms with Gasteiger partial charge in [0.2, 0.25) is 0 Å². The van der Waals surface area contributed by atoms with Gasteiger partial charge in [-0.2, -0.15) is 0 Å². The second-order valence-corrected chi connectivity index (χ2v) is 5.91. The van der Waals surface area contributed by atoms with Gasteiger partial charge in [0.1, 0.15) is 0 Å². The van der Waals surface area contributed by atoms with Crippen LogP contribution in [0.2, 0.25) is 0 Å². The first-order valence-corrected chi connectivity index (χ1v) is 7.06. The molecule has 0 radical (unpaired) electrons. The normalized spacial score (nSPS) is 22.5. The van der Waals surface area contributed by atoms with E-state index in [2.05, 4.69) is 15.6 Å². The minimum Gasteiger partial charge on any atom is -0.388 e. The molecule has 0 aromatic carbocycles. The van der Waals surface area contributed by atoms with Gasteiger partial charge in [0.15, 0.2) is 0 Å². The molecule has 1 aromatic heterocycles. The number of nitrogens with zero attached hydrogens (tertiary/aromatic N) is 3. The molecule has 100 valence electrons. The molecule has 3 rings (SSSR count). The van der Waals surface area contributed by atoms with E-state index in [1.54, 1.807) is 4.68 Å². The monoisotopic (exact) mass is 250 g/mol. The maximum atomic E-state index is 10.3. The van der Waals surface area contributed by atoms with Gasteiger partial charge >= 0.3 is 0 Å². The second-order valence-electron chi connectivity index (χ2n) is 5.91. The molecular weight excluding hydrogens is 228 g/mol. The molecule has 18 heavy (non-hydrogen) atoms. The summed E-state index contributed by atoms with van der Waals surface area (Å²) in [4.78, 5) is 0. The lowest BCUT2D eigenvalue weighted by Crippen LogP contribution is -2.30. The SMILES string of the molecule is OC1(Cn2cc(CNCC3CC3)nn2)CCCC1. The average Bonchev–Trinajstić information content (AvgIpc) is 2.90. The lowest BCUT2D eigenvalue weighted by atomic mass is 10.0. The number of rotatable bonds is 6. The average molecular weight is 250 g/mol. The highest BCUT2D eigenvalue weighted by Crippen LogP contribution is 2.30. The van der Waals surface area contributed by atoms with Gasteiger partial charge in [0.05, 0.1) is 17.8 Å². The molecule has 2 fully saturated rings. The van der Waals surface area contributed by atoms with Crippen LogP contribution in [0.3, 0.4) is 0 Å². The van der Waals surface area contributed by atoms with Crippen LogP contribution in [-0.2, 0) is 13.1 Å². The van der Waals surface area contributed by atoms with E-state index >= 15 is 0 Å². The Labute approximate surface area is 108 Å². The lowest BCUT2D eigenvalue weighted by molar-refractivity contribution is 0.0260. The summed E-state index contributed by atoms with van der Waals surface area (Å²) in [6.07, 6.45) is 8.72. The van der Waals surface area contributed by atoms with E-state index in [4.69, 9.17) is 0 Å². The van der Waals surface area contributed by atoms with Gasteiger partial charge in [-0.1, -0.05) is 18.1 Å². The molecule has 0 saturated heterocycles. The summed E-state index contributed by atoms with van der Waals surface area (Å²) in [7, 11) is 0. The van der Waals surface area contributed by atoms with E-state index < -0.39 is 5.60 Å². The Morgan fingerprint density at radius 2 is 2.17 bits per heavy atom. The maximum absolute atomic E-state index is 10.3. The topological polar surface area (TPSA) is 63.0 Å². The van der Waals surface area contributed by atoms with Crippen molar-refractivity contribution in [2.45, 2.75) is 57.2 Å². The third kappa shape index (κ3) is 3.09. The van der Waals surface area contributed by atoms with Crippen LogP contribution in [0.4, 0.5) is 0 Å². The molecule has 5 heteroatoms. The number of hydrogen-bond acceptors (Lipinski definition) is 4. The van der Waals surface area contributed by atoms with Gasteiger partial charge in [-0.3, -0.25) is 0 Å². The summed E-state index contributed by atoms with van der Waals surface area (Å²) >= 11 is 0. The Balaban J connectivity index is 1.49. The summed E-state index contributed by atoms with van der Waals surface area (Å²) in [5, 5.41) is 22.0. The van der Waals surface area contributed by atoms with Gasteiger partial charge in [0, 0.05) is 12.7 Å². The molecule has 5 nitrogen and oxygen atoms in total. The minimum atomic E-state index is -0.549. The van der Waals surface area contributed by atoms with Gasteiger partial charge < -0.3 is 10.4 Å². The van der Waals surface area contributed by atoms with Crippen molar-refractivity contribution < 1.29 is 5.11 Å². The fraction of sp³-hybridized carbons (Fsp3) is 0.846. The Morgan fingerprint density at radius 1 is 1.39 bits per heavy atom. The summed E-state index contributed by atoms with van der Waals surface area (Å²) < 4.78 is 1.79. The maximum Gasteiger partial charge on any atom is 0.0964 e. The Hall–Kier alpha value is -0.940. The van der Waals surface area contributed by atoms with E-state index in [0.29, 0.717) is 6.54 Å². The van der Waals surface area contributed by atoms with Gasteiger partial charge in [-0.05, 0) is 38.1 Å². The molecule has 0 spiro atoms. The third-order valence-corrected chi connectivity index (χ3v) is 4.01. The first-order chi connectivity index (χ1) is 8.73. The van der Waals surface area contributed by atoms with Crippen molar-refractivity contribution in [2.75, 3.05) is 6.54 Å². The Bertz CT molecular complexity index is 393. The lowest BCUT2D eigenvalue weighted by Gasteiger charge is -2.21. The fourth-order valence-corrected chi connectivity index (χ4v) is 2.72. The van der Waals surface area contributed by atoms with E-state index in [-0.39, 0.29) is 0 Å². The van der Waals surface area contributed by atoms with E-state index in [1.165, 1.54) is 12.8 Å². The molecular formula is C13H22N4O. The molecule has 0 amide bonds. The predicted octanol–water partition coefficient (Wildman–Crippen LogP) is 1.08. The molecule has 1 aromatic rings. The van der Waals surface area contributed by atoms with Crippen LogP contribution in [0.25, 0.3) is 0 Å². The molecule has 2 aliphatic rings. The molecule has 2 saturated carbocycles.